The molecule has 0 bridgehead atoms. The average molecular weight is 287 g/mol. The maximum atomic E-state index is 13.8. The Balaban J connectivity index is 1.76. The smallest absolute Gasteiger partial charge is 0.255 e. The molecule has 1 aliphatic rings. The molecule has 21 heavy (non-hydrogen) atoms. The fourth-order valence-corrected chi connectivity index (χ4v) is 2.08. The lowest BCUT2D eigenvalue weighted by Gasteiger charge is -2.07. The van der Waals surface area contributed by atoms with Gasteiger partial charge in [-0.1, -0.05) is 12.1 Å². The summed E-state index contributed by atoms with van der Waals surface area (Å²) in [6.45, 7) is -0.677. The molecule has 0 amide bonds. The molecule has 0 saturated heterocycles. The highest BCUT2D eigenvalue weighted by atomic mass is 19.1. The monoisotopic (exact) mass is 287 g/mol. The van der Waals surface area contributed by atoms with Crippen LogP contribution in [0.1, 0.15) is 34.7 Å². The topological polar surface area (TPSA) is 59.4 Å². The van der Waals surface area contributed by atoms with Gasteiger partial charge in [0.1, 0.15) is 12.4 Å². The number of aliphatic hydroxyl groups is 1. The SMILES string of the molecule is O=C(CO)c1cnc(Oc2ccc(C3CC3)cc2)c(F)c1. The average Bonchev–Trinajstić information content (AvgIpc) is 3.34. The van der Waals surface area contributed by atoms with Gasteiger partial charge in [0, 0.05) is 11.8 Å². The van der Waals surface area contributed by atoms with Crippen LogP contribution in [0.4, 0.5) is 4.39 Å². The van der Waals surface area contributed by atoms with Crippen molar-refractivity contribution in [1.29, 1.82) is 0 Å². The highest BCUT2D eigenvalue weighted by Gasteiger charge is 2.23. The van der Waals surface area contributed by atoms with Gasteiger partial charge in [0.25, 0.3) is 5.88 Å². The third kappa shape index (κ3) is 3.08. The fourth-order valence-electron chi connectivity index (χ4n) is 2.08. The molecule has 1 saturated carbocycles. The van der Waals surface area contributed by atoms with Crippen LogP contribution < -0.4 is 4.74 Å². The Morgan fingerprint density at radius 3 is 2.62 bits per heavy atom. The Hall–Kier alpha value is -2.27. The number of hydrogen-bond acceptors (Lipinski definition) is 4. The molecule has 0 atom stereocenters. The molecular formula is C16H14FNO3. The molecule has 108 valence electrons. The van der Waals surface area contributed by atoms with Crippen LogP contribution in [0.25, 0.3) is 0 Å². The summed E-state index contributed by atoms with van der Waals surface area (Å²) in [7, 11) is 0. The van der Waals surface area contributed by atoms with E-state index in [1.807, 2.05) is 12.1 Å². The van der Waals surface area contributed by atoms with E-state index >= 15 is 0 Å². The minimum absolute atomic E-state index is 0.0198. The lowest BCUT2D eigenvalue weighted by Crippen LogP contribution is -2.06. The number of pyridine rings is 1. The van der Waals surface area contributed by atoms with E-state index in [1.54, 1.807) is 12.1 Å². The predicted octanol–water partition coefficient (Wildman–Crippen LogP) is 3.07. The Bertz CT molecular complexity index is 666. The van der Waals surface area contributed by atoms with Crippen molar-refractivity contribution in [1.82, 2.24) is 4.98 Å². The number of rotatable bonds is 5. The maximum Gasteiger partial charge on any atom is 0.255 e. The Morgan fingerprint density at radius 1 is 1.33 bits per heavy atom. The van der Waals surface area contributed by atoms with E-state index in [9.17, 15) is 9.18 Å². The standard InChI is InChI=1S/C16H14FNO3/c17-14-7-12(15(20)9-19)8-18-16(14)21-13-5-3-11(4-6-13)10-1-2-10/h3-8,10,19H,1-2,9H2. The Morgan fingerprint density at radius 2 is 2.05 bits per heavy atom. The van der Waals surface area contributed by atoms with Gasteiger partial charge in [-0.3, -0.25) is 4.79 Å². The van der Waals surface area contributed by atoms with Gasteiger partial charge in [0.15, 0.2) is 11.6 Å². The van der Waals surface area contributed by atoms with E-state index in [0.29, 0.717) is 11.7 Å². The van der Waals surface area contributed by atoms with Gasteiger partial charge in [0.05, 0.1) is 0 Å². The van der Waals surface area contributed by atoms with Crippen LogP contribution in [0, 0.1) is 5.82 Å². The van der Waals surface area contributed by atoms with Crippen molar-refractivity contribution in [2.45, 2.75) is 18.8 Å². The number of nitrogens with zero attached hydrogens (tertiary/aromatic N) is 1. The zero-order chi connectivity index (χ0) is 14.8. The van der Waals surface area contributed by atoms with Crippen LogP contribution in [-0.4, -0.2) is 22.5 Å². The number of aliphatic hydroxyl groups excluding tert-OH is 1. The summed E-state index contributed by atoms with van der Waals surface area (Å²) in [5.74, 6) is -0.365. The van der Waals surface area contributed by atoms with Crippen LogP contribution in [0.15, 0.2) is 36.5 Å². The van der Waals surface area contributed by atoms with E-state index in [0.717, 1.165) is 6.07 Å². The molecule has 1 N–H and O–H groups in total. The molecule has 0 radical (unpaired) electrons. The van der Waals surface area contributed by atoms with Crippen LogP contribution in [0.5, 0.6) is 11.6 Å². The highest BCUT2D eigenvalue weighted by Crippen LogP contribution is 2.40. The summed E-state index contributed by atoms with van der Waals surface area (Å²) in [5.41, 5.74) is 1.28. The molecule has 3 rings (SSSR count). The number of carbonyl (C=O) groups excluding carboxylic acids is 1. The molecule has 0 unspecified atom stereocenters. The van der Waals surface area contributed by atoms with Crippen molar-refractivity contribution in [3.8, 4) is 11.6 Å². The number of benzene rings is 1. The van der Waals surface area contributed by atoms with Gasteiger partial charge in [-0.05, 0) is 42.5 Å². The maximum absolute atomic E-state index is 13.8. The van der Waals surface area contributed by atoms with E-state index in [1.165, 1.54) is 24.6 Å². The second-order valence-corrected chi connectivity index (χ2v) is 5.04. The van der Waals surface area contributed by atoms with Crippen LogP contribution >= 0.6 is 0 Å². The number of Topliss-reactive ketones (excluding diaryl/α,β-unsaturated/α-hetero) is 1. The van der Waals surface area contributed by atoms with Crippen molar-refractivity contribution in [3.63, 3.8) is 0 Å². The molecule has 1 aliphatic carbocycles. The molecule has 0 spiro atoms. The summed E-state index contributed by atoms with van der Waals surface area (Å²) >= 11 is 0. The lowest BCUT2D eigenvalue weighted by atomic mass is 10.1. The summed E-state index contributed by atoms with van der Waals surface area (Å²) < 4.78 is 19.2. The molecule has 2 aromatic rings. The largest absolute Gasteiger partial charge is 0.436 e. The molecule has 0 aliphatic heterocycles. The Kier molecular flexibility index (Phi) is 3.66. The van der Waals surface area contributed by atoms with E-state index in [2.05, 4.69) is 4.98 Å². The van der Waals surface area contributed by atoms with Gasteiger partial charge < -0.3 is 9.84 Å². The fraction of sp³-hybridized carbons (Fsp3) is 0.250. The van der Waals surface area contributed by atoms with Crippen molar-refractivity contribution in [2.24, 2.45) is 0 Å². The van der Waals surface area contributed by atoms with Crippen molar-refractivity contribution < 1.29 is 19.0 Å². The molecule has 1 aromatic carbocycles. The summed E-state index contributed by atoms with van der Waals surface area (Å²) in [5, 5.41) is 8.73. The number of ketones is 1. The van der Waals surface area contributed by atoms with Gasteiger partial charge in [-0.2, -0.15) is 0 Å². The van der Waals surface area contributed by atoms with E-state index < -0.39 is 18.2 Å². The van der Waals surface area contributed by atoms with Crippen molar-refractivity contribution >= 4 is 5.78 Å². The first-order valence-corrected chi connectivity index (χ1v) is 6.75. The molecule has 1 fully saturated rings. The Labute approximate surface area is 121 Å². The molecular weight excluding hydrogens is 273 g/mol. The van der Waals surface area contributed by atoms with Crippen LogP contribution in [0.3, 0.4) is 0 Å². The number of ether oxygens (including phenoxy) is 1. The zero-order valence-electron chi connectivity index (χ0n) is 11.3. The molecule has 5 heteroatoms. The van der Waals surface area contributed by atoms with E-state index in [4.69, 9.17) is 9.84 Å². The summed E-state index contributed by atoms with van der Waals surface area (Å²) in [4.78, 5) is 15.0. The molecule has 1 aromatic heterocycles. The highest BCUT2D eigenvalue weighted by molar-refractivity contribution is 5.96. The minimum Gasteiger partial charge on any atom is -0.436 e. The first kappa shape index (κ1) is 13.7. The second kappa shape index (κ2) is 5.61. The second-order valence-electron chi connectivity index (χ2n) is 5.04. The number of halogens is 1. The first-order chi connectivity index (χ1) is 10.2. The van der Waals surface area contributed by atoms with Crippen molar-refractivity contribution in [2.75, 3.05) is 6.61 Å². The van der Waals surface area contributed by atoms with Gasteiger partial charge in [0.2, 0.25) is 0 Å². The van der Waals surface area contributed by atoms with Gasteiger partial charge in [-0.25, -0.2) is 9.37 Å². The van der Waals surface area contributed by atoms with Crippen LogP contribution in [0.2, 0.25) is 0 Å². The number of aromatic nitrogens is 1. The van der Waals surface area contributed by atoms with Crippen molar-refractivity contribution in [3.05, 3.63) is 53.5 Å². The quantitative estimate of drug-likeness (QED) is 0.859. The minimum atomic E-state index is -0.736. The van der Waals surface area contributed by atoms with E-state index in [-0.39, 0.29) is 11.4 Å². The third-order valence-corrected chi connectivity index (χ3v) is 3.42. The molecule has 1 heterocycles. The normalized spacial score (nSPS) is 14.0. The lowest BCUT2D eigenvalue weighted by molar-refractivity contribution is 0.0903. The van der Waals surface area contributed by atoms with Gasteiger partial charge in [-0.15, -0.1) is 0 Å². The summed E-state index contributed by atoms with van der Waals surface area (Å²) in [6.07, 6.45) is 3.63. The third-order valence-electron chi connectivity index (χ3n) is 3.42. The predicted molar refractivity (Wildman–Crippen MR) is 74.1 cm³/mol. The number of hydrogen-bond donors (Lipinski definition) is 1. The molecule has 4 nitrogen and oxygen atoms in total. The zero-order valence-corrected chi connectivity index (χ0v) is 11.3. The first-order valence-electron chi connectivity index (χ1n) is 6.75. The summed E-state index contributed by atoms with van der Waals surface area (Å²) in [6, 6.07) is 8.51. The number of carbonyl (C=O) groups is 1. The van der Waals surface area contributed by atoms with Gasteiger partial charge >= 0.3 is 0 Å². The van der Waals surface area contributed by atoms with Crippen LogP contribution in [-0.2, 0) is 0 Å².